The number of hydrogen-bond acceptors (Lipinski definition) is 2. The highest BCUT2D eigenvalue weighted by atomic mass is 35.5. The summed E-state index contributed by atoms with van der Waals surface area (Å²) in [5, 5.41) is 8.71. The van der Waals surface area contributed by atoms with Crippen LogP contribution in [0.5, 0.6) is 0 Å². The highest BCUT2D eigenvalue weighted by molar-refractivity contribution is 6.53. The highest BCUT2D eigenvalue weighted by Gasteiger charge is 2.69. The summed E-state index contributed by atoms with van der Waals surface area (Å²) in [6, 6.07) is 0. The van der Waals surface area contributed by atoms with Crippen LogP contribution in [0, 0.1) is 5.92 Å². The number of ether oxygens (including phenoxy) is 1. The Kier molecular flexibility index (Phi) is 4.04. The average molecular weight is 241 g/mol. The maximum atomic E-state index is 10.6. The lowest BCUT2D eigenvalue weighted by Gasteiger charge is -2.01. The van der Waals surface area contributed by atoms with Crippen molar-refractivity contribution in [3.8, 4) is 0 Å². The van der Waals surface area contributed by atoms with Crippen molar-refractivity contribution < 1.29 is 14.6 Å². The first kappa shape index (κ1) is 12.1. The minimum atomic E-state index is -1.22. The topological polar surface area (TPSA) is 46.5 Å². The molecular weight excluding hydrogens is 227 g/mol. The van der Waals surface area contributed by atoms with Crippen LogP contribution in [0.1, 0.15) is 26.2 Å². The predicted octanol–water partition coefficient (Wildman–Crippen LogP) is 2.45. The van der Waals surface area contributed by atoms with E-state index in [9.17, 15) is 4.79 Å². The standard InChI is InChI=1S/C9H14Cl2O3/c1-2-3-4-5-14-7-6(8(12)13)9(7,10)11/h6-7H,2-5H2,1H3,(H,12,13). The molecule has 1 N–H and O–H groups in total. The van der Waals surface area contributed by atoms with Gasteiger partial charge >= 0.3 is 5.97 Å². The molecule has 0 aliphatic heterocycles. The van der Waals surface area contributed by atoms with Gasteiger partial charge in [-0.2, -0.15) is 0 Å². The number of carbonyl (C=O) groups is 1. The number of alkyl halides is 2. The molecule has 5 heteroatoms. The third kappa shape index (κ3) is 2.53. The van der Waals surface area contributed by atoms with Crippen LogP contribution >= 0.6 is 23.2 Å². The smallest absolute Gasteiger partial charge is 0.312 e. The Hall–Kier alpha value is 0.01000. The molecule has 0 aromatic carbocycles. The maximum Gasteiger partial charge on any atom is 0.312 e. The zero-order valence-electron chi connectivity index (χ0n) is 8.00. The van der Waals surface area contributed by atoms with Gasteiger partial charge in [-0.1, -0.05) is 43.0 Å². The van der Waals surface area contributed by atoms with Gasteiger partial charge in [0.15, 0.2) is 4.33 Å². The first-order chi connectivity index (χ1) is 6.51. The van der Waals surface area contributed by atoms with E-state index >= 15 is 0 Å². The molecule has 1 aliphatic rings. The molecule has 1 fully saturated rings. The number of carboxylic acids is 1. The van der Waals surface area contributed by atoms with Crippen molar-refractivity contribution in [2.75, 3.05) is 6.61 Å². The van der Waals surface area contributed by atoms with Crippen LogP contribution < -0.4 is 0 Å². The summed E-state index contributed by atoms with van der Waals surface area (Å²) in [5.74, 6) is -1.76. The van der Waals surface area contributed by atoms with Crippen LogP contribution in [0.3, 0.4) is 0 Å². The van der Waals surface area contributed by atoms with Gasteiger partial charge in [0, 0.05) is 6.61 Å². The second kappa shape index (κ2) is 4.69. The Labute approximate surface area is 93.3 Å². The van der Waals surface area contributed by atoms with E-state index in [2.05, 4.69) is 6.92 Å². The number of rotatable bonds is 6. The molecule has 0 radical (unpaired) electrons. The molecule has 82 valence electrons. The normalized spacial score (nSPS) is 28.8. The Balaban J connectivity index is 2.24. The molecule has 0 aromatic rings. The van der Waals surface area contributed by atoms with Crippen LogP contribution in [-0.2, 0) is 9.53 Å². The lowest BCUT2D eigenvalue weighted by Crippen LogP contribution is -2.06. The molecule has 0 spiro atoms. The zero-order valence-corrected chi connectivity index (χ0v) is 9.51. The summed E-state index contributed by atoms with van der Waals surface area (Å²) in [6.45, 7) is 2.62. The molecule has 0 saturated heterocycles. The third-order valence-corrected chi connectivity index (χ3v) is 3.20. The zero-order chi connectivity index (χ0) is 10.8. The van der Waals surface area contributed by atoms with Gasteiger partial charge in [-0.05, 0) is 6.42 Å². The van der Waals surface area contributed by atoms with E-state index in [4.69, 9.17) is 33.0 Å². The maximum absolute atomic E-state index is 10.6. The van der Waals surface area contributed by atoms with Gasteiger partial charge in [0.2, 0.25) is 0 Å². The van der Waals surface area contributed by atoms with Crippen LogP contribution in [0.15, 0.2) is 0 Å². The Morgan fingerprint density at radius 2 is 2.14 bits per heavy atom. The monoisotopic (exact) mass is 240 g/mol. The molecule has 1 saturated carbocycles. The van der Waals surface area contributed by atoms with E-state index < -0.39 is 22.3 Å². The van der Waals surface area contributed by atoms with Crippen LogP contribution in [0.25, 0.3) is 0 Å². The molecule has 1 rings (SSSR count). The van der Waals surface area contributed by atoms with E-state index in [1.54, 1.807) is 0 Å². The summed E-state index contributed by atoms with van der Waals surface area (Å²) in [7, 11) is 0. The van der Waals surface area contributed by atoms with Crippen molar-refractivity contribution in [2.45, 2.75) is 36.6 Å². The van der Waals surface area contributed by atoms with Crippen molar-refractivity contribution in [3.05, 3.63) is 0 Å². The second-order valence-electron chi connectivity index (χ2n) is 3.49. The van der Waals surface area contributed by atoms with Gasteiger partial charge in [-0.25, -0.2) is 0 Å². The van der Waals surface area contributed by atoms with Crippen molar-refractivity contribution in [1.82, 2.24) is 0 Å². The van der Waals surface area contributed by atoms with Crippen molar-refractivity contribution in [2.24, 2.45) is 5.92 Å². The van der Waals surface area contributed by atoms with Crippen LogP contribution in [0.2, 0.25) is 0 Å². The van der Waals surface area contributed by atoms with E-state index in [0.717, 1.165) is 19.3 Å². The molecule has 0 bridgehead atoms. The number of aliphatic carboxylic acids is 1. The van der Waals surface area contributed by atoms with Gasteiger partial charge < -0.3 is 9.84 Å². The molecule has 0 aromatic heterocycles. The fraction of sp³-hybridized carbons (Fsp3) is 0.889. The first-order valence-electron chi connectivity index (χ1n) is 4.74. The molecular formula is C9H14Cl2O3. The lowest BCUT2D eigenvalue weighted by atomic mass is 10.3. The van der Waals surface area contributed by atoms with Gasteiger partial charge in [-0.3, -0.25) is 4.79 Å². The largest absolute Gasteiger partial charge is 0.481 e. The lowest BCUT2D eigenvalue weighted by molar-refractivity contribution is -0.139. The number of halogens is 2. The fourth-order valence-corrected chi connectivity index (χ4v) is 2.03. The molecule has 3 nitrogen and oxygen atoms in total. The van der Waals surface area contributed by atoms with Crippen LogP contribution in [0.4, 0.5) is 0 Å². The minimum absolute atomic E-state index is 0.531. The summed E-state index contributed by atoms with van der Waals surface area (Å²) in [6.07, 6.45) is 2.55. The first-order valence-corrected chi connectivity index (χ1v) is 5.49. The third-order valence-electron chi connectivity index (χ3n) is 2.30. The van der Waals surface area contributed by atoms with Gasteiger partial charge in [0.25, 0.3) is 0 Å². The van der Waals surface area contributed by atoms with E-state index in [1.165, 1.54) is 0 Å². The molecule has 2 unspecified atom stereocenters. The number of unbranched alkanes of at least 4 members (excludes halogenated alkanes) is 2. The molecule has 14 heavy (non-hydrogen) atoms. The van der Waals surface area contributed by atoms with Gasteiger partial charge in [0.05, 0.1) is 0 Å². The summed E-state index contributed by atoms with van der Waals surface area (Å²) in [5.41, 5.74) is 0. The van der Waals surface area contributed by atoms with E-state index in [0.29, 0.717) is 6.61 Å². The fourth-order valence-electron chi connectivity index (χ4n) is 1.36. The Morgan fingerprint density at radius 1 is 1.50 bits per heavy atom. The summed E-state index contributed by atoms with van der Waals surface area (Å²) >= 11 is 11.5. The van der Waals surface area contributed by atoms with Crippen molar-refractivity contribution in [1.29, 1.82) is 0 Å². The molecule has 1 aliphatic carbocycles. The number of carboxylic acid groups (broad SMARTS) is 1. The molecule has 0 heterocycles. The Morgan fingerprint density at radius 3 is 2.57 bits per heavy atom. The van der Waals surface area contributed by atoms with Crippen LogP contribution in [-0.4, -0.2) is 28.1 Å². The highest BCUT2D eigenvalue weighted by Crippen LogP contribution is 2.55. The Bertz CT molecular complexity index is 218. The number of hydrogen-bond donors (Lipinski definition) is 1. The van der Waals surface area contributed by atoms with Gasteiger partial charge in [0.1, 0.15) is 12.0 Å². The quantitative estimate of drug-likeness (QED) is 0.573. The molecule has 2 atom stereocenters. The van der Waals surface area contributed by atoms with E-state index in [1.807, 2.05) is 0 Å². The minimum Gasteiger partial charge on any atom is -0.481 e. The van der Waals surface area contributed by atoms with E-state index in [-0.39, 0.29) is 0 Å². The summed E-state index contributed by atoms with van der Waals surface area (Å²) < 4.78 is 4.08. The molecule has 0 amide bonds. The second-order valence-corrected chi connectivity index (χ2v) is 4.93. The van der Waals surface area contributed by atoms with Crippen molar-refractivity contribution >= 4 is 29.2 Å². The van der Waals surface area contributed by atoms with Gasteiger partial charge in [-0.15, -0.1) is 0 Å². The SMILES string of the molecule is CCCCCOC1C(C(=O)O)C1(Cl)Cl. The predicted molar refractivity (Wildman–Crippen MR) is 54.8 cm³/mol. The van der Waals surface area contributed by atoms with Crippen molar-refractivity contribution in [3.63, 3.8) is 0 Å². The average Bonchev–Trinajstić information content (AvgIpc) is 2.62. The summed E-state index contributed by atoms with van der Waals surface area (Å²) in [4.78, 5) is 10.6.